The third kappa shape index (κ3) is 5.04. The maximum atomic E-state index is 12.0. The SMILES string of the molecule is CC(C)(C)OC(=O)N1CCC(NCc2ccc(Cl)cc2Cl)C1. The topological polar surface area (TPSA) is 41.6 Å². The van der Waals surface area contributed by atoms with Gasteiger partial charge in [0, 0.05) is 35.7 Å². The van der Waals surface area contributed by atoms with Crippen molar-refractivity contribution in [3.05, 3.63) is 33.8 Å². The first kappa shape index (κ1) is 17.4. The van der Waals surface area contributed by atoms with E-state index in [2.05, 4.69) is 5.32 Å². The summed E-state index contributed by atoms with van der Waals surface area (Å²) in [5.41, 5.74) is 0.543. The van der Waals surface area contributed by atoms with Crippen molar-refractivity contribution in [2.75, 3.05) is 13.1 Å². The number of likely N-dealkylation sites (tertiary alicyclic amines) is 1. The molecule has 1 fully saturated rings. The normalized spacial score (nSPS) is 18.6. The standard InChI is InChI=1S/C16H22Cl2N2O2/c1-16(2,3)22-15(21)20-7-6-13(10-20)19-9-11-4-5-12(17)8-14(11)18/h4-5,8,13,19H,6-7,9-10H2,1-3H3. The Morgan fingerprint density at radius 1 is 1.41 bits per heavy atom. The molecular weight excluding hydrogens is 323 g/mol. The van der Waals surface area contributed by atoms with Crippen LogP contribution in [0.4, 0.5) is 4.79 Å². The van der Waals surface area contributed by atoms with Gasteiger partial charge in [0.05, 0.1) is 0 Å². The zero-order valence-electron chi connectivity index (χ0n) is 13.2. The Balaban J connectivity index is 1.82. The third-order valence-electron chi connectivity index (χ3n) is 3.44. The molecule has 0 aliphatic carbocycles. The number of nitrogens with zero attached hydrogens (tertiary/aromatic N) is 1. The highest BCUT2D eigenvalue weighted by Crippen LogP contribution is 2.21. The van der Waals surface area contributed by atoms with Crippen LogP contribution >= 0.6 is 23.2 Å². The number of ether oxygens (including phenoxy) is 1. The molecule has 0 aromatic heterocycles. The Morgan fingerprint density at radius 3 is 2.77 bits per heavy atom. The largest absolute Gasteiger partial charge is 0.444 e. The number of carbonyl (C=O) groups excluding carboxylic acids is 1. The van der Waals surface area contributed by atoms with Gasteiger partial charge in [0.25, 0.3) is 0 Å². The van der Waals surface area contributed by atoms with Gasteiger partial charge in [0.15, 0.2) is 0 Å². The van der Waals surface area contributed by atoms with Gasteiger partial charge >= 0.3 is 6.09 Å². The smallest absolute Gasteiger partial charge is 0.410 e. The maximum Gasteiger partial charge on any atom is 0.410 e. The lowest BCUT2D eigenvalue weighted by Gasteiger charge is -2.24. The van der Waals surface area contributed by atoms with Gasteiger partial charge in [-0.2, -0.15) is 0 Å². The summed E-state index contributed by atoms with van der Waals surface area (Å²) in [6.07, 6.45) is 0.658. The van der Waals surface area contributed by atoms with E-state index < -0.39 is 5.60 Å². The molecule has 4 nitrogen and oxygen atoms in total. The van der Waals surface area contributed by atoms with Gasteiger partial charge < -0.3 is 15.0 Å². The van der Waals surface area contributed by atoms with Crippen molar-refractivity contribution >= 4 is 29.3 Å². The van der Waals surface area contributed by atoms with Gasteiger partial charge in [-0.05, 0) is 44.9 Å². The molecule has 1 N–H and O–H groups in total. The summed E-state index contributed by atoms with van der Waals surface area (Å²) < 4.78 is 5.39. The van der Waals surface area contributed by atoms with Gasteiger partial charge in [-0.3, -0.25) is 0 Å². The van der Waals surface area contributed by atoms with Gasteiger partial charge in [0.2, 0.25) is 0 Å². The highest BCUT2D eigenvalue weighted by atomic mass is 35.5. The van der Waals surface area contributed by atoms with Crippen molar-refractivity contribution < 1.29 is 9.53 Å². The van der Waals surface area contributed by atoms with Crippen molar-refractivity contribution in [3.8, 4) is 0 Å². The predicted octanol–water partition coefficient (Wildman–Crippen LogP) is 4.09. The lowest BCUT2D eigenvalue weighted by molar-refractivity contribution is 0.0291. The predicted molar refractivity (Wildman–Crippen MR) is 89.5 cm³/mol. The minimum atomic E-state index is -0.459. The second kappa shape index (κ2) is 7.07. The number of carbonyl (C=O) groups is 1. The number of hydrogen-bond acceptors (Lipinski definition) is 3. The van der Waals surface area contributed by atoms with E-state index in [0.717, 1.165) is 12.0 Å². The molecule has 1 aliphatic rings. The van der Waals surface area contributed by atoms with Crippen LogP contribution in [0.3, 0.4) is 0 Å². The molecule has 1 aromatic rings. The minimum Gasteiger partial charge on any atom is -0.444 e. The van der Waals surface area contributed by atoms with Gasteiger partial charge in [0.1, 0.15) is 5.60 Å². The monoisotopic (exact) mass is 344 g/mol. The lowest BCUT2D eigenvalue weighted by atomic mass is 10.2. The Bertz CT molecular complexity index is 543. The third-order valence-corrected chi connectivity index (χ3v) is 4.02. The highest BCUT2D eigenvalue weighted by molar-refractivity contribution is 6.35. The fourth-order valence-electron chi connectivity index (χ4n) is 2.34. The van der Waals surface area contributed by atoms with Crippen molar-refractivity contribution in [1.82, 2.24) is 10.2 Å². The quantitative estimate of drug-likeness (QED) is 0.897. The summed E-state index contributed by atoms with van der Waals surface area (Å²) in [5, 5.41) is 4.71. The molecule has 0 spiro atoms. The van der Waals surface area contributed by atoms with Crippen LogP contribution in [0, 0.1) is 0 Å². The van der Waals surface area contributed by atoms with Gasteiger partial charge in [-0.1, -0.05) is 29.3 Å². The number of amides is 1. The Morgan fingerprint density at radius 2 is 2.14 bits per heavy atom. The van der Waals surface area contributed by atoms with E-state index in [4.69, 9.17) is 27.9 Å². The molecule has 1 heterocycles. The molecule has 1 amide bonds. The summed E-state index contributed by atoms with van der Waals surface area (Å²) in [4.78, 5) is 13.8. The van der Waals surface area contributed by atoms with Crippen LogP contribution in [0.25, 0.3) is 0 Å². The summed E-state index contributed by atoms with van der Waals surface area (Å²) in [6, 6.07) is 5.73. The molecule has 1 unspecified atom stereocenters. The first-order valence-corrected chi connectivity index (χ1v) is 8.15. The van der Waals surface area contributed by atoms with Crippen molar-refractivity contribution in [2.24, 2.45) is 0 Å². The van der Waals surface area contributed by atoms with Crippen LogP contribution in [0.2, 0.25) is 10.0 Å². The number of hydrogen-bond donors (Lipinski definition) is 1. The molecule has 6 heteroatoms. The highest BCUT2D eigenvalue weighted by Gasteiger charge is 2.29. The van der Waals surface area contributed by atoms with Crippen LogP contribution in [-0.4, -0.2) is 35.7 Å². The van der Waals surface area contributed by atoms with Gasteiger partial charge in [-0.25, -0.2) is 4.79 Å². The van der Waals surface area contributed by atoms with E-state index in [-0.39, 0.29) is 12.1 Å². The molecule has 0 bridgehead atoms. The second-order valence-corrected chi connectivity index (χ2v) is 7.37. The lowest BCUT2D eigenvalue weighted by Crippen LogP contribution is -2.38. The number of rotatable bonds is 3. The molecule has 2 rings (SSSR count). The van der Waals surface area contributed by atoms with E-state index >= 15 is 0 Å². The minimum absolute atomic E-state index is 0.249. The van der Waals surface area contributed by atoms with Crippen LogP contribution in [0.15, 0.2) is 18.2 Å². The zero-order chi connectivity index (χ0) is 16.3. The summed E-state index contributed by atoms with van der Waals surface area (Å²) in [7, 11) is 0. The average molecular weight is 345 g/mol. The van der Waals surface area contributed by atoms with Gasteiger partial charge in [-0.15, -0.1) is 0 Å². The van der Waals surface area contributed by atoms with Crippen LogP contribution < -0.4 is 5.32 Å². The molecule has 22 heavy (non-hydrogen) atoms. The average Bonchev–Trinajstić information content (AvgIpc) is 2.84. The Hall–Kier alpha value is -0.970. The number of benzene rings is 1. The van der Waals surface area contributed by atoms with E-state index in [0.29, 0.717) is 29.7 Å². The summed E-state index contributed by atoms with van der Waals surface area (Å²) in [6.45, 7) is 7.64. The molecule has 1 atom stereocenters. The first-order valence-electron chi connectivity index (χ1n) is 7.40. The molecular formula is C16H22Cl2N2O2. The fourth-order valence-corrected chi connectivity index (χ4v) is 2.81. The van der Waals surface area contributed by atoms with Crippen molar-refractivity contribution in [1.29, 1.82) is 0 Å². The Kier molecular flexibility index (Phi) is 5.59. The maximum absolute atomic E-state index is 12.0. The molecule has 122 valence electrons. The summed E-state index contributed by atoms with van der Waals surface area (Å²) >= 11 is 12.0. The van der Waals surface area contributed by atoms with Crippen molar-refractivity contribution in [3.63, 3.8) is 0 Å². The Labute approximate surface area is 141 Å². The van der Waals surface area contributed by atoms with E-state index in [1.807, 2.05) is 32.9 Å². The van der Waals surface area contributed by atoms with E-state index in [1.54, 1.807) is 11.0 Å². The molecule has 1 saturated heterocycles. The van der Waals surface area contributed by atoms with Crippen LogP contribution in [0.1, 0.15) is 32.8 Å². The van der Waals surface area contributed by atoms with E-state index in [1.165, 1.54) is 0 Å². The first-order chi connectivity index (χ1) is 10.2. The molecule has 1 aliphatic heterocycles. The fraction of sp³-hybridized carbons (Fsp3) is 0.562. The number of nitrogens with one attached hydrogen (secondary N) is 1. The van der Waals surface area contributed by atoms with Crippen LogP contribution in [0.5, 0.6) is 0 Å². The number of halogens is 2. The summed E-state index contributed by atoms with van der Waals surface area (Å²) in [5.74, 6) is 0. The molecule has 1 aromatic carbocycles. The van der Waals surface area contributed by atoms with E-state index in [9.17, 15) is 4.79 Å². The van der Waals surface area contributed by atoms with Crippen molar-refractivity contribution in [2.45, 2.75) is 45.4 Å². The zero-order valence-corrected chi connectivity index (χ0v) is 14.7. The second-order valence-electron chi connectivity index (χ2n) is 6.53. The molecule has 0 saturated carbocycles. The molecule has 0 radical (unpaired) electrons. The van der Waals surface area contributed by atoms with Crippen LogP contribution in [-0.2, 0) is 11.3 Å².